The van der Waals surface area contributed by atoms with Crippen molar-refractivity contribution >= 4 is 5.96 Å². The van der Waals surface area contributed by atoms with Crippen molar-refractivity contribution in [2.45, 2.75) is 58.0 Å². The molecule has 3 fully saturated rings. The number of methoxy groups -OCH3 is 1. The fourth-order valence-electron chi connectivity index (χ4n) is 4.74. The van der Waals surface area contributed by atoms with E-state index >= 15 is 0 Å². The summed E-state index contributed by atoms with van der Waals surface area (Å²) in [7, 11) is 1.50. The topological polar surface area (TPSA) is 48.9 Å². The molecule has 4 rings (SSSR count). The van der Waals surface area contributed by atoms with Crippen LogP contribution in [-0.4, -0.2) is 50.2 Å². The number of hydrogen-bond acceptors (Lipinski definition) is 3. The maximum absolute atomic E-state index is 13.9. The van der Waals surface area contributed by atoms with Gasteiger partial charge < -0.3 is 15.4 Å². The zero-order valence-corrected chi connectivity index (χ0v) is 18.5. The lowest BCUT2D eigenvalue weighted by molar-refractivity contribution is 0.198. The minimum atomic E-state index is -0.284. The molecule has 1 aliphatic heterocycles. The zero-order valence-electron chi connectivity index (χ0n) is 18.5. The van der Waals surface area contributed by atoms with Gasteiger partial charge in [0.25, 0.3) is 0 Å². The predicted molar refractivity (Wildman–Crippen MR) is 119 cm³/mol. The van der Waals surface area contributed by atoms with E-state index in [1.165, 1.54) is 32.8 Å². The van der Waals surface area contributed by atoms with Crippen molar-refractivity contribution in [3.05, 3.63) is 29.6 Å². The van der Waals surface area contributed by atoms with Crippen molar-refractivity contribution in [3.8, 4) is 5.75 Å². The van der Waals surface area contributed by atoms with Gasteiger partial charge in [-0.3, -0.25) is 9.89 Å². The van der Waals surface area contributed by atoms with Gasteiger partial charge in [0.05, 0.1) is 7.11 Å². The molecule has 1 heterocycles. The summed E-state index contributed by atoms with van der Waals surface area (Å²) < 4.78 is 19.0. The van der Waals surface area contributed by atoms with Gasteiger partial charge in [0.15, 0.2) is 17.5 Å². The third kappa shape index (κ3) is 5.87. The molecule has 2 saturated carbocycles. The van der Waals surface area contributed by atoms with Crippen LogP contribution in [-0.2, 0) is 6.54 Å². The molecule has 0 spiro atoms. The number of ether oxygens (including phenoxy) is 1. The normalized spacial score (nSPS) is 21.1. The van der Waals surface area contributed by atoms with Crippen LogP contribution >= 0.6 is 0 Å². The first-order valence-electron chi connectivity index (χ1n) is 11.8. The Kier molecular flexibility index (Phi) is 7.13. The largest absolute Gasteiger partial charge is 0.494 e. The maximum atomic E-state index is 13.9. The monoisotopic (exact) mass is 416 g/mol. The molecule has 0 bridgehead atoms. The van der Waals surface area contributed by atoms with Crippen LogP contribution in [0.5, 0.6) is 5.75 Å². The Balaban J connectivity index is 1.25. The number of hydrogen-bond donors (Lipinski definition) is 2. The van der Waals surface area contributed by atoms with Crippen molar-refractivity contribution in [2.75, 3.05) is 33.3 Å². The molecule has 1 aromatic carbocycles. The fourth-order valence-corrected chi connectivity index (χ4v) is 4.74. The molecule has 0 unspecified atom stereocenters. The van der Waals surface area contributed by atoms with Crippen LogP contribution in [0, 0.1) is 23.6 Å². The van der Waals surface area contributed by atoms with Gasteiger partial charge in [-0.05, 0) is 80.9 Å². The van der Waals surface area contributed by atoms with E-state index in [0.717, 1.165) is 74.8 Å². The Morgan fingerprint density at radius 1 is 1.17 bits per heavy atom. The first-order chi connectivity index (χ1) is 14.7. The second kappa shape index (κ2) is 9.99. The minimum Gasteiger partial charge on any atom is -0.494 e. The van der Waals surface area contributed by atoms with Gasteiger partial charge in [-0.25, -0.2) is 4.39 Å². The molecule has 30 heavy (non-hydrogen) atoms. The molecule has 1 aromatic rings. The number of guanidine groups is 1. The molecule has 166 valence electrons. The molecule has 2 N–H and O–H groups in total. The van der Waals surface area contributed by atoms with Crippen LogP contribution < -0.4 is 15.4 Å². The van der Waals surface area contributed by atoms with Gasteiger partial charge in [-0.1, -0.05) is 6.07 Å². The third-order valence-electron chi connectivity index (χ3n) is 6.81. The van der Waals surface area contributed by atoms with E-state index in [-0.39, 0.29) is 5.82 Å². The van der Waals surface area contributed by atoms with E-state index in [4.69, 9.17) is 9.73 Å². The highest BCUT2D eigenvalue weighted by molar-refractivity contribution is 5.80. The van der Waals surface area contributed by atoms with Gasteiger partial charge in [0, 0.05) is 38.8 Å². The van der Waals surface area contributed by atoms with Gasteiger partial charge in [-0.15, -0.1) is 0 Å². The quantitative estimate of drug-likeness (QED) is 0.475. The van der Waals surface area contributed by atoms with E-state index in [1.807, 2.05) is 6.07 Å². The molecular weight excluding hydrogens is 379 g/mol. The second-order valence-electron chi connectivity index (χ2n) is 9.22. The highest BCUT2D eigenvalue weighted by Gasteiger charge is 2.41. The Labute approximate surface area is 180 Å². The van der Waals surface area contributed by atoms with Crippen molar-refractivity contribution < 1.29 is 9.13 Å². The first kappa shape index (κ1) is 21.4. The Morgan fingerprint density at radius 3 is 2.43 bits per heavy atom. The van der Waals surface area contributed by atoms with Gasteiger partial charge in [-0.2, -0.15) is 0 Å². The molecule has 5 nitrogen and oxygen atoms in total. The number of benzene rings is 1. The molecule has 1 saturated heterocycles. The molecule has 0 atom stereocenters. The van der Waals surface area contributed by atoms with Crippen LogP contribution in [0.4, 0.5) is 4.39 Å². The molecule has 0 radical (unpaired) electrons. The number of aliphatic imine (C=N–C) groups is 1. The van der Waals surface area contributed by atoms with Crippen molar-refractivity contribution in [3.63, 3.8) is 0 Å². The Morgan fingerprint density at radius 2 is 1.87 bits per heavy atom. The Hall–Kier alpha value is -1.82. The summed E-state index contributed by atoms with van der Waals surface area (Å²) in [5, 5.41) is 7.12. The van der Waals surface area contributed by atoms with Crippen LogP contribution in [0.15, 0.2) is 23.2 Å². The van der Waals surface area contributed by atoms with Crippen LogP contribution in [0.3, 0.4) is 0 Å². The van der Waals surface area contributed by atoms with Crippen molar-refractivity contribution in [2.24, 2.45) is 22.7 Å². The van der Waals surface area contributed by atoms with Crippen LogP contribution in [0.2, 0.25) is 0 Å². The SMILES string of the molecule is CCNC(=NCC(C1CC1)C1CC1)NC1CCN(Cc2ccc(OC)c(F)c2)CC1. The molecule has 0 aromatic heterocycles. The van der Waals surface area contributed by atoms with E-state index in [1.54, 1.807) is 12.1 Å². The lowest BCUT2D eigenvalue weighted by atomic mass is 9.98. The molecule has 2 aliphatic carbocycles. The predicted octanol–water partition coefficient (Wildman–Crippen LogP) is 3.79. The molecule has 0 amide bonds. The van der Waals surface area contributed by atoms with Crippen molar-refractivity contribution in [1.82, 2.24) is 15.5 Å². The number of nitrogens with one attached hydrogen (secondary N) is 2. The number of halogens is 1. The molecule has 6 heteroatoms. The van der Waals surface area contributed by atoms with Gasteiger partial charge in [0.1, 0.15) is 0 Å². The van der Waals surface area contributed by atoms with E-state index in [0.29, 0.717) is 11.8 Å². The summed E-state index contributed by atoms with van der Waals surface area (Å²) in [5.74, 6) is 3.70. The first-order valence-corrected chi connectivity index (χ1v) is 11.8. The number of rotatable bonds is 9. The molecule has 3 aliphatic rings. The zero-order chi connectivity index (χ0) is 20.9. The highest BCUT2D eigenvalue weighted by atomic mass is 19.1. The smallest absolute Gasteiger partial charge is 0.191 e. The van der Waals surface area contributed by atoms with Crippen LogP contribution in [0.1, 0.15) is 51.0 Å². The third-order valence-corrected chi connectivity index (χ3v) is 6.81. The summed E-state index contributed by atoms with van der Waals surface area (Å²) in [6.07, 6.45) is 7.82. The van der Waals surface area contributed by atoms with E-state index < -0.39 is 0 Å². The fraction of sp³-hybridized carbons (Fsp3) is 0.708. The van der Waals surface area contributed by atoms with Crippen LogP contribution in [0.25, 0.3) is 0 Å². The average molecular weight is 417 g/mol. The van der Waals surface area contributed by atoms with E-state index in [9.17, 15) is 4.39 Å². The van der Waals surface area contributed by atoms with Gasteiger partial charge >= 0.3 is 0 Å². The average Bonchev–Trinajstić information content (AvgIpc) is 3.64. The summed E-state index contributed by atoms with van der Waals surface area (Å²) >= 11 is 0. The standard InChI is InChI=1S/C24H37FN4O/c1-3-26-24(27-15-21(18-5-6-18)19-7-8-19)28-20-10-12-29(13-11-20)16-17-4-9-23(30-2)22(25)14-17/h4,9,14,18-21H,3,5-8,10-13,15-16H2,1-2H3,(H2,26,27,28). The lowest BCUT2D eigenvalue weighted by Crippen LogP contribution is -2.48. The maximum Gasteiger partial charge on any atom is 0.191 e. The highest BCUT2D eigenvalue weighted by Crippen LogP contribution is 2.49. The summed E-state index contributed by atoms with van der Waals surface area (Å²) in [6, 6.07) is 5.72. The second-order valence-corrected chi connectivity index (χ2v) is 9.22. The number of likely N-dealkylation sites (tertiary alicyclic amines) is 1. The Bertz CT molecular complexity index is 712. The van der Waals surface area contributed by atoms with Gasteiger partial charge in [0.2, 0.25) is 0 Å². The summed E-state index contributed by atoms with van der Waals surface area (Å²) in [6.45, 7) is 6.81. The summed E-state index contributed by atoms with van der Waals surface area (Å²) in [5.41, 5.74) is 1.00. The number of nitrogens with zero attached hydrogens (tertiary/aromatic N) is 2. The number of piperidine rings is 1. The molecular formula is C24H37FN4O. The van der Waals surface area contributed by atoms with Crippen molar-refractivity contribution in [1.29, 1.82) is 0 Å². The lowest BCUT2D eigenvalue weighted by Gasteiger charge is -2.33. The minimum absolute atomic E-state index is 0.284. The van der Waals surface area contributed by atoms with E-state index in [2.05, 4.69) is 22.5 Å². The summed E-state index contributed by atoms with van der Waals surface area (Å²) in [4.78, 5) is 7.37.